The Morgan fingerprint density at radius 3 is 1.71 bits per heavy atom. The summed E-state index contributed by atoms with van der Waals surface area (Å²) < 4.78 is 21.0. The Hall–Kier alpha value is -0.160. The van der Waals surface area contributed by atoms with Crippen LogP contribution in [0.1, 0.15) is 27.2 Å². The Morgan fingerprint density at radius 1 is 1.00 bits per heavy atom. The van der Waals surface area contributed by atoms with E-state index in [9.17, 15) is 0 Å². The van der Waals surface area contributed by atoms with Crippen molar-refractivity contribution < 1.29 is 18.9 Å². The van der Waals surface area contributed by atoms with Gasteiger partial charge in [-0.3, -0.25) is 0 Å². The Labute approximate surface area is 86.5 Å². The highest BCUT2D eigenvalue weighted by Gasteiger charge is 2.29. The van der Waals surface area contributed by atoms with E-state index >= 15 is 0 Å². The van der Waals surface area contributed by atoms with E-state index in [0.29, 0.717) is 25.9 Å². The van der Waals surface area contributed by atoms with Crippen molar-refractivity contribution in [2.75, 3.05) is 27.4 Å². The average Bonchev–Trinajstić information content (AvgIpc) is 2.18. The fourth-order valence-corrected chi connectivity index (χ4v) is 0.956. The van der Waals surface area contributed by atoms with Gasteiger partial charge in [-0.2, -0.15) is 0 Å². The van der Waals surface area contributed by atoms with Crippen LogP contribution in [-0.4, -0.2) is 33.2 Å². The highest BCUT2D eigenvalue weighted by Crippen LogP contribution is 2.24. The Kier molecular flexibility index (Phi) is 7.09. The first kappa shape index (κ1) is 13.8. The second-order valence-electron chi connectivity index (χ2n) is 2.96. The average molecular weight is 205 g/mol. The molecule has 0 amide bonds. The quantitative estimate of drug-likeness (QED) is 0.567. The van der Waals surface area contributed by atoms with E-state index in [1.54, 1.807) is 14.2 Å². The maximum absolute atomic E-state index is 5.32. The van der Waals surface area contributed by atoms with Crippen LogP contribution in [0.25, 0.3) is 0 Å². The standard InChI is InChI=1S/C10H21O4/c1-6-13-9(14-7-2)8-10(3,11-4)12-5/h6-8H2,1-5H3. The van der Waals surface area contributed by atoms with Gasteiger partial charge in [0.05, 0.1) is 6.42 Å². The van der Waals surface area contributed by atoms with E-state index in [2.05, 4.69) is 0 Å². The summed E-state index contributed by atoms with van der Waals surface area (Å²) in [6, 6.07) is 0. The summed E-state index contributed by atoms with van der Waals surface area (Å²) in [6.45, 7) is 6.83. The molecule has 4 nitrogen and oxygen atoms in total. The third-order valence-electron chi connectivity index (χ3n) is 1.94. The van der Waals surface area contributed by atoms with Crippen LogP contribution < -0.4 is 0 Å². The molecule has 0 aliphatic rings. The third-order valence-corrected chi connectivity index (χ3v) is 1.94. The largest absolute Gasteiger partial charge is 0.353 e. The van der Waals surface area contributed by atoms with Crippen LogP contribution in [0, 0.1) is 6.29 Å². The van der Waals surface area contributed by atoms with Crippen LogP contribution in [0.2, 0.25) is 0 Å². The van der Waals surface area contributed by atoms with Crippen molar-refractivity contribution in [2.24, 2.45) is 0 Å². The maximum atomic E-state index is 5.32. The van der Waals surface area contributed by atoms with Gasteiger partial charge in [-0.05, 0) is 20.8 Å². The van der Waals surface area contributed by atoms with Gasteiger partial charge in [0, 0.05) is 27.4 Å². The lowest BCUT2D eigenvalue weighted by molar-refractivity contribution is -0.217. The first-order valence-electron chi connectivity index (χ1n) is 4.83. The van der Waals surface area contributed by atoms with Gasteiger partial charge in [0.2, 0.25) is 6.29 Å². The normalized spacial score (nSPS) is 12.4. The lowest BCUT2D eigenvalue weighted by Gasteiger charge is -2.29. The molecule has 0 aromatic carbocycles. The fraction of sp³-hybridized carbons (Fsp3) is 0.900. The Morgan fingerprint density at radius 2 is 1.43 bits per heavy atom. The van der Waals surface area contributed by atoms with E-state index in [1.807, 2.05) is 20.8 Å². The molecule has 0 heterocycles. The summed E-state index contributed by atoms with van der Waals surface area (Å²) in [6.07, 6.45) is 1.03. The lowest BCUT2D eigenvalue weighted by Crippen LogP contribution is -2.33. The molecule has 0 rings (SSSR count). The molecule has 0 atom stereocenters. The van der Waals surface area contributed by atoms with Crippen molar-refractivity contribution in [1.29, 1.82) is 0 Å². The van der Waals surface area contributed by atoms with E-state index < -0.39 is 5.79 Å². The molecule has 1 radical (unpaired) electrons. The molecule has 0 bridgehead atoms. The Bertz CT molecular complexity index is 128. The van der Waals surface area contributed by atoms with Crippen LogP contribution in [0.5, 0.6) is 0 Å². The highest BCUT2D eigenvalue weighted by molar-refractivity contribution is 4.76. The summed E-state index contributed by atoms with van der Waals surface area (Å²) in [7, 11) is 3.19. The minimum Gasteiger partial charge on any atom is -0.353 e. The van der Waals surface area contributed by atoms with Gasteiger partial charge in [0.1, 0.15) is 0 Å². The molecular formula is C10H21O4. The summed E-state index contributed by atoms with van der Waals surface area (Å²) >= 11 is 0. The van der Waals surface area contributed by atoms with E-state index in [4.69, 9.17) is 18.9 Å². The second-order valence-corrected chi connectivity index (χ2v) is 2.96. The molecule has 0 aromatic heterocycles. The molecule has 0 aliphatic heterocycles. The van der Waals surface area contributed by atoms with Gasteiger partial charge >= 0.3 is 0 Å². The maximum Gasteiger partial charge on any atom is 0.229 e. The molecule has 4 heteroatoms. The van der Waals surface area contributed by atoms with Gasteiger partial charge in [-0.1, -0.05) is 0 Å². The van der Waals surface area contributed by atoms with Crippen molar-refractivity contribution >= 4 is 0 Å². The highest BCUT2D eigenvalue weighted by atomic mass is 16.7. The van der Waals surface area contributed by atoms with Gasteiger partial charge in [-0.25, -0.2) is 0 Å². The van der Waals surface area contributed by atoms with Gasteiger partial charge < -0.3 is 18.9 Å². The smallest absolute Gasteiger partial charge is 0.229 e. The topological polar surface area (TPSA) is 36.9 Å². The minimum absolute atomic E-state index is 0.474. The van der Waals surface area contributed by atoms with Crippen molar-refractivity contribution in [3.8, 4) is 0 Å². The predicted octanol–water partition coefficient (Wildman–Crippen LogP) is 1.95. The van der Waals surface area contributed by atoms with Crippen molar-refractivity contribution in [3.63, 3.8) is 0 Å². The molecular weight excluding hydrogens is 184 g/mol. The molecule has 0 saturated carbocycles. The molecule has 85 valence electrons. The molecule has 0 aliphatic carbocycles. The van der Waals surface area contributed by atoms with Gasteiger partial charge in [-0.15, -0.1) is 0 Å². The summed E-state index contributed by atoms with van der Waals surface area (Å²) in [5.41, 5.74) is 0. The molecule has 0 spiro atoms. The first-order valence-corrected chi connectivity index (χ1v) is 4.83. The molecule has 0 fully saturated rings. The Balaban J connectivity index is 4.10. The van der Waals surface area contributed by atoms with Crippen LogP contribution in [0.4, 0.5) is 0 Å². The van der Waals surface area contributed by atoms with E-state index in [0.717, 1.165) is 0 Å². The number of hydrogen-bond acceptors (Lipinski definition) is 4. The van der Waals surface area contributed by atoms with Crippen LogP contribution in [0.3, 0.4) is 0 Å². The predicted molar refractivity (Wildman–Crippen MR) is 53.5 cm³/mol. The number of rotatable bonds is 8. The first-order chi connectivity index (χ1) is 6.61. The van der Waals surface area contributed by atoms with Crippen LogP contribution in [0.15, 0.2) is 0 Å². The van der Waals surface area contributed by atoms with Crippen molar-refractivity contribution in [3.05, 3.63) is 6.29 Å². The second kappa shape index (κ2) is 7.17. The molecule has 0 saturated heterocycles. The number of methoxy groups -OCH3 is 2. The molecule has 0 N–H and O–H groups in total. The zero-order valence-electron chi connectivity index (χ0n) is 9.75. The zero-order chi connectivity index (χ0) is 11.0. The molecule has 0 unspecified atom stereocenters. The monoisotopic (exact) mass is 205 g/mol. The van der Waals surface area contributed by atoms with Gasteiger partial charge in [0.15, 0.2) is 5.79 Å². The van der Waals surface area contributed by atoms with Gasteiger partial charge in [0.25, 0.3) is 0 Å². The van der Waals surface area contributed by atoms with Crippen molar-refractivity contribution in [1.82, 2.24) is 0 Å². The summed E-state index contributed by atoms with van der Waals surface area (Å²) in [5.74, 6) is -0.681. The van der Waals surface area contributed by atoms with Crippen molar-refractivity contribution in [2.45, 2.75) is 33.0 Å². The van der Waals surface area contributed by atoms with Crippen LogP contribution >= 0.6 is 0 Å². The lowest BCUT2D eigenvalue weighted by atomic mass is 10.2. The summed E-state index contributed by atoms with van der Waals surface area (Å²) in [5, 5.41) is 0. The third kappa shape index (κ3) is 4.91. The van der Waals surface area contributed by atoms with E-state index in [1.165, 1.54) is 0 Å². The SMILES string of the molecule is CCO[C](CC(C)(OC)OC)OCC. The van der Waals surface area contributed by atoms with Crippen LogP contribution in [-0.2, 0) is 18.9 Å². The number of hydrogen-bond donors (Lipinski definition) is 0. The minimum atomic E-state index is -0.681. The molecule has 0 aromatic rings. The number of ether oxygens (including phenoxy) is 4. The van der Waals surface area contributed by atoms with E-state index in [-0.39, 0.29) is 0 Å². The zero-order valence-corrected chi connectivity index (χ0v) is 9.75. The summed E-state index contributed by atoms with van der Waals surface area (Å²) in [4.78, 5) is 0. The molecule has 14 heavy (non-hydrogen) atoms. The fourth-order valence-electron chi connectivity index (χ4n) is 0.956.